The number of carbonyl (C=O) groups excluding carboxylic acids is 1. The Bertz CT molecular complexity index is 416. The maximum absolute atomic E-state index is 12.0. The molecule has 0 bridgehead atoms. The molecular formula is C11H14N2O3S2. The summed E-state index contributed by atoms with van der Waals surface area (Å²) < 4.78 is 0. The number of carboxylic acids is 1. The van der Waals surface area contributed by atoms with E-state index < -0.39 is 12.0 Å². The van der Waals surface area contributed by atoms with Crippen molar-refractivity contribution in [3.8, 4) is 0 Å². The molecule has 0 spiro atoms. The lowest BCUT2D eigenvalue weighted by Gasteiger charge is -2.23. The highest BCUT2D eigenvalue weighted by atomic mass is 32.2. The second-order valence-corrected chi connectivity index (χ2v) is 6.01. The number of aliphatic carboxylic acids is 1. The average molecular weight is 286 g/mol. The van der Waals surface area contributed by atoms with Gasteiger partial charge in [0.15, 0.2) is 6.04 Å². The lowest BCUT2D eigenvalue weighted by Crippen LogP contribution is -2.50. The van der Waals surface area contributed by atoms with Crippen LogP contribution in [-0.2, 0) is 9.59 Å². The van der Waals surface area contributed by atoms with Crippen LogP contribution in [0.3, 0.4) is 0 Å². The molecular weight excluding hydrogens is 272 g/mol. The maximum Gasteiger partial charge on any atom is 0.331 e. The van der Waals surface area contributed by atoms with Crippen LogP contribution in [0.4, 0.5) is 0 Å². The monoisotopic (exact) mass is 286 g/mol. The molecule has 2 heterocycles. The topological polar surface area (TPSA) is 78.4 Å². The van der Waals surface area contributed by atoms with Crippen molar-refractivity contribution in [1.82, 2.24) is 10.6 Å². The number of carboxylic acid groups (broad SMARTS) is 1. The van der Waals surface area contributed by atoms with E-state index >= 15 is 0 Å². The lowest BCUT2D eigenvalue weighted by atomic mass is 10.2. The van der Waals surface area contributed by atoms with Crippen LogP contribution in [0, 0.1) is 0 Å². The highest BCUT2D eigenvalue weighted by molar-refractivity contribution is 7.99. The fourth-order valence-corrected chi connectivity index (χ4v) is 3.39. The first-order chi connectivity index (χ1) is 8.68. The van der Waals surface area contributed by atoms with Gasteiger partial charge in [0.05, 0.1) is 6.04 Å². The molecule has 1 aromatic heterocycles. The minimum atomic E-state index is -1.03. The predicted molar refractivity (Wildman–Crippen MR) is 72.0 cm³/mol. The zero-order valence-corrected chi connectivity index (χ0v) is 11.2. The molecule has 0 saturated carbocycles. The third-order valence-electron chi connectivity index (χ3n) is 2.60. The first-order valence-corrected chi connectivity index (χ1v) is 7.59. The molecule has 1 saturated heterocycles. The second kappa shape index (κ2) is 6.21. The fourth-order valence-electron chi connectivity index (χ4n) is 1.69. The fraction of sp³-hybridized carbons (Fsp3) is 0.455. The molecule has 5 nitrogen and oxygen atoms in total. The van der Waals surface area contributed by atoms with Gasteiger partial charge in [-0.25, -0.2) is 4.79 Å². The number of amides is 1. The van der Waals surface area contributed by atoms with Crippen molar-refractivity contribution in [2.24, 2.45) is 0 Å². The summed E-state index contributed by atoms with van der Waals surface area (Å²) in [6, 6.07) is 2.24. The summed E-state index contributed by atoms with van der Waals surface area (Å²) >= 11 is 3.02. The maximum atomic E-state index is 12.0. The summed E-state index contributed by atoms with van der Waals surface area (Å²) in [6.07, 6.45) is 0. The van der Waals surface area contributed by atoms with Crippen molar-refractivity contribution in [1.29, 1.82) is 0 Å². The molecule has 7 heteroatoms. The van der Waals surface area contributed by atoms with Crippen molar-refractivity contribution < 1.29 is 14.7 Å². The highest BCUT2D eigenvalue weighted by Crippen LogP contribution is 2.19. The molecule has 2 unspecified atom stereocenters. The van der Waals surface area contributed by atoms with Crippen molar-refractivity contribution >= 4 is 35.0 Å². The smallest absolute Gasteiger partial charge is 0.331 e. The van der Waals surface area contributed by atoms with Crippen LogP contribution in [0.15, 0.2) is 17.5 Å². The first kappa shape index (κ1) is 13.4. The Morgan fingerprint density at radius 1 is 1.56 bits per heavy atom. The van der Waals surface area contributed by atoms with Crippen molar-refractivity contribution in [2.75, 3.05) is 18.1 Å². The molecule has 3 N–H and O–H groups in total. The van der Waals surface area contributed by atoms with Gasteiger partial charge in [-0.1, -0.05) is 6.07 Å². The minimum absolute atomic E-state index is 0.247. The van der Waals surface area contributed by atoms with E-state index in [9.17, 15) is 9.59 Å². The zero-order valence-electron chi connectivity index (χ0n) is 9.59. The van der Waals surface area contributed by atoms with Gasteiger partial charge in [0.25, 0.3) is 0 Å². The van der Waals surface area contributed by atoms with Crippen LogP contribution >= 0.6 is 23.1 Å². The number of hydrogen-bond donors (Lipinski definition) is 3. The lowest BCUT2D eigenvalue weighted by molar-refractivity contribution is -0.142. The van der Waals surface area contributed by atoms with Crippen LogP contribution in [0.2, 0.25) is 0 Å². The van der Waals surface area contributed by atoms with Crippen LogP contribution in [0.5, 0.6) is 0 Å². The second-order valence-electron chi connectivity index (χ2n) is 3.88. The van der Waals surface area contributed by atoms with E-state index in [1.54, 1.807) is 29.3 Å². The quantitative estimate of drug-likeness (QED) is 0.759. The van der Waals surface area contributed by atoms with Gasteiger partial charge in [-0.15, -0.1) is 11.3 Å². The van der Waals surface area contributed by atoms with Crippen molar-refractivity contribution in [3.63, 3.8) is 0 Å². The number of rotatable bonds is 4. The number of carbonyl (C=O) groups is 2. The summed E-state index contributed by atoms with van der Waals surface area (Å²) in [6.45, 7) is 0.777. The van der Waals surface area contributed by atoms with E-state index in [1.165, 1.54) is 11.3 Å². The standard InChI is InChI=1S/C11H14N2O3S2/c14-10(7-6-17-5-3-12-7)13-9(11(15)16)8-2-1-4-18-8/h1-2,4,7,9,12H,3,5-6H2,(H,13,14)(H,15,16). The molecule has 1 aliphatic rings. The summed E-state index contributed by atoms with van der Waals surface area (Å²) in [5, 5.41) is 16.6. The van der Waals surface area contributed by atoms with Gasteiger partial charge in [0, 0.05) is 22.9 Å². The van der Waals surface area contributed by atoms with Gasteiger partial charge in [-0.2, -0.15) is 11.8 Å². The summed E-state index contributed by atoms with van der Waals surface area (Å²) in [5.74, 6) is 0.386. The van der Waals surface area contributed by atoms with Crippen molar-refractivity contribution in [2.45, 2.75) is 12.1 Å². The molecule has 0 aliphatic carbocycles. The summed E-state index contributed by atoms with van der Waals surface area (Å²) in [4.78, 5) is 23.8. The summed E-state index contributed by atoms with van der Waals surface area (Å²) in [7, 11) is 0. The number of hydrogen-bond acceptors (Lipinski definition) is 5. The largest absolute Gasteiger partial charge is 0.479 e. The Hall–Kier alpha value is -1.05. The third-order valence-corrected chi connectivity index (χ3v) is 4.60. The van der Waals surface area contributed by atoms with Gasteiger partial charge in [-0.05, 0) is 11.4 Å². The molecule has 2 rings (SSSR count). The van der Waals surface area contributed by atoms with Gasteiger partial charge in [-0.3, -0.25) is 4.79 Å². The number of thiophene rings is 1. The van der Waals surface area contributed by atoms with Gasteiger partial charge in [0.2, 0.25) is 5.91 Å². The Balaban J connectivity index is 2.00. The minimum Gasteiger partial charge on any atom is -0.479 e. The molecule has 0 radical (unpaired) electrons. The predicted octanol–water partition coefficient (Wildman–Crippen LogP) is 0.695. The molecule has 1 aliphatic heterocycles. The highest BCUT2D eigenvalue weighted by Gasteiger charge is 2.27. The Morgan fingerprint density at radius 2 is 2.39 bits per heavy atom. The van der Waals surface area contributed by atoms with E-state index in [1.807, 2.05) is 0 Å². The van der Waals surface area contributed by atoms with E-state index in [-0.39, 0.29) is 11.9 Å². The molecule has 2 atom stereocenters. The van der Waals surface area contributed by atoms with Crippen LogP contribution in [0.25, 0.3) is 0 Å². The molecule has 1 aromatic rings. The van der Waals surface area contributed by atoms with Gasteiger partial charge < -0.3 is 15.7 Å². The SMILES string of the molecule is O=C(NC(C(=O)O)c1cccs1)C1CSCCN1. The molecule has 1 amide bonds. The molecule has 0 aromatic carbocycles. The van der Waals surface area contributed by atoms with E-state index in [0.29, 0.717) is 10.6 Å². The number of nitrogens with one attached hydrogen (secondary N) is 2. The Morgan fingerprint density at radius 3 is 2.94 bits per heavy atom. The summed E-state index contributed by atoms with van der Waals surface area (Å²) in [5.41, 5.74) is 0. The Labute approximate surface area is 113 Å². The molecule has 98 valence electrons. The van der Waals surface area contributed by atoms with Gasteiger partial charge >= 0.3 is 5.97 Å². The van der Waals surface area contributed by atoms with Crippen LogP contribution in [-0.4, -0.2) is 41.1 Å². The normalized spacial score (nSPS) is 21.2. The Kier molecular flexibility index (Phi) is 4.62. The van der Waals surface area contributed by atoms with Crippen LogP contribution in [0.1, 0.15) is 10.9 Å². The van der Waals surface area contributed by atoms with Crippen LogP contribution < -0.4 is 10.6 Å². The third kappa shape index (κ3) is 3.24. The number of thioether (sulfide) groups is 1. The van der Waals surface area contributed by atoms with E-state index in [4.69, 9.17) is 5.11 Å². The molecule has 1 fully saturated rings. The average Bonchev–Trinajstić information content (AvgIpc) is 2.90. The van der Waals surface area contributed by atoms with E-state index in [0.717, 1.165) is 12.3 Å². The van der Waals surface area contributed by atoms with E-state index in [2.05, 4.69) is 10.6 Å². The van der Waals surface area contributed by atoms with Crippen molar-refractivity contribution in [3.05, 3.63) is 22.4 Å². The molecule has 18 heavy (non-hydrogen) atoms. The first-order valence-electron chi connectivity index (χ1n) is 5.56. The van der Waals surface area contributed by atoms with Gasteiger partial charge in [0.1, 0.15) is 0 Å². The zero-order chi connectivity index (χ0) is 13.0.